The van der Waals surface area contributed by atoms with Crippen LogP contribution in [0.4, 0.5) is 34.5 Å². The molecule has 51 heavy (non-hydrogen) atoms. The Balaban J connectivity index is 1.04. The highest BCUT2D eigenvalue weighted by Gasteiger charge is 2.27. The van der Waals surface area contributed by atoms with Crippen LogP contribution in [0.25, 0.3) is 0 Å². The zero-order valence-electron chi connectivity index (χ0n) is 29.3. The lowest BCUT2D eigenvalue weighted by Crippen LogP contribution is -2.47. The van der Waals surface area contributed by atoms with Crippen LogP contribution in [-0.4, -0.2) is 79.3 Å². The highest BCUT2D eigenvalue weighted by Crippen LogP contribution is 2.39. The summed E-state index contributed by atoms with van der Waals surface area (Å²) < 4.78 is 18.6. The van der Waals surface area contributed by atoms with Crippen molar-refractivity contribution in [3.05, 3.63) is 83.5 Å². The van der Waals surface area contributed by atoms with Crippen LogP contribution >= 0.6 is 18.7 Å². The number of nitrogens with one attached hydrogen (secondary N) is 4. The quantitative estimate of drug-likeness (QED) is 0.0980. The second kappa shape index (κ2) is 15.7. The zero-order valence-corrected chi connectivity index (χ0v) is 30.9. The first-order valence-electron chi connectivity index (χ1n) is 17.0. The molecule has 0 bridgehead atoms. The summed E-state index contributed by atoms with van der Waals surface area (Å²) in [5.41, 5.74) is 4.55. The van der Waals surface area contributed by atoms with Gasteiger partial charge in [-0.3, -0.25) is 19.8 Å². The van der Waals surface area contributed by atoms with Gasteiger partial charge in [0.2, 0.25) is 17.8 Å². The summed E-state index contributed by atoms with van der Waals surface area (Å²) in [6.45, 7) is 6.12. The molecule has 3 aromatic carbocycles. The summed E-state index contributed by atoms with van der Waals surface area (Å²) in [5.74, 6) is 0.920. The van der Waals surface area contributed by atoms with Gasteiger partial charge in [0.15, 0.2) is 5.82 Å². The molecule has 3 heterocycles. The number of ether oxygens (including phenoxy) is 1. The molecule has 0 spiro atoms. The van der Waals surface area contributed by atoms with Gasteiger partial charge in [0.05, 0.1) is 24.7 Å². The minimum atomic E-state index is -2.54. The number of para-hydroxylation sites is 1. The van der Waals surface area contributed by atoms with E-state index in [1.807, 2.05) is 48.5 Å². The smallest absolute Gasteiger partial charge is 0.249 e. The van der Waals surface area contributed by atoms with Crippen molar-refractivity contribution in [3.8, 4) is 5.75 Å². The van der Waals surface area contributed by atoms with E-state index in [-0.39, 0.29) is 11.8 Å². The maximum absolute atomic E-state index is 12.9. The first-order chi connectivity index (χ1) is 24.5. The van der Waals surface area contributed by atoms with Crippen molar-refractivity contribution < 1.29 is 18.9 Å². The molecule has 1 aromatic heterocycles. The second-order valence-corrected chi connectivity index (χ2v) is 17.0. The summed E-state index contributed by atoms with van der Waals surface area (Å²) in [6, 6.07) is 21.7. The van der Waals surface area contributed by atoms with Crippen LogP contribution in [0.5, 0.6) is 5.75 Å². The zero-order chi connectivity index (χ0) is 36.1. The number of carbonyl (C=O) groups excluding carboxylic acids is 2. The van der Waals surface area contributed by atoms with E-state index < -0.39 is 13.2 Å². The Hall–Kier alpha value is -4.64. The van der Waals surface area contributed by atoms with Gasteiger partial charge in [-0.15, -0.1) is 0 Å². The number of aromatic nitrogens is 2. The van der Waals surface area contributed by atoms with Crippen LogP contribution < -0.4 is 36.2 Å². The molecule has 4 N–H and O–H groups in total. The van der Waals surface area contributed by atoms with E-state index in [0.717, 1.165) is 54.8 Å². The van der Waals surface area contributed by atoms with Gasteiger partial charge < -0.3 is 30.2 Å². The summed E-state index contributed by atoms with van der Waals surface area (Å²) >= 11 is 6.46. The lowest BCUT2D eigenvalue weighted by molar-refractivity contribution is -0.133. The van der Waals surface area contributed by atoms with Crippen molar-refractivity contribution in [2.24, 2.45) is 0 Å². The van der Waals surface area contributed by atoms with Gasteiger partial charge in [-0.2, -0.15) is 4.98 Å². The van der Waals surface area contributed by atoms with Crippen molar-refractivity contribution in [2.45, 2.75) is 44.3 Å². The number of piperidine rings is 2. The Morgan fingerprint density at radius 3 is 2.45 bits per heavy atom. The number of halogens is 1. The fourth-order valence-electron chi connectivity index (χ4n) is 6.51. The fourth-order valence-corrected chi connectivity index (χ4v) is 7.81. The van der Waals surface area contributed by atoms with Crippen molar-refractivity contribution in [1.29, 1.82) is 0 Å². The largest absolute Gasteiger partial charge is 0.494 e. The molecule has 0 saturated carbocycles. The van der Waals surface area contributed by atoms with E-state index in [2.05, 4.69) is 66.3 Å². The van der Waals surface area contributed by atoms with E-state index in [9.17, 15) is 14.2 Å². The van der Waals surface area contributed by atoms with E-state index in [4.69, 9.17) is 16.3 Å². The molecular formula is C37H44ClN8O4P. The van der Waals surface area contributed by atoms with Crippen LogP contribution in [-0.2, 0) is 20.7 Å². The van der Waals surface area contributed by atoms with Gasteiger partial charge in [-0.25, -0.2) is 4.98 Å². The SMILES string of the molecule is COc1cc(N2CCC(N(C)Cc3ccc(NC4CCC(=O)NC4=O)cc3)CC2)ccc1Nc1ncc(Cl)c(Nc2ccccc2P(C)(C)=O)n1. The molecule has 12 nitrogen and oxygen atoms in total. The van der Waals surface area contributed by atoms with Gasteiger partial charge in [0.25, 0.3) is 0 Å². The summed E-state index contributed by atoms with van der Waals surface area (Å²) in [4.78, 5) is 37.3. The molecule has 268 valence electrons. The van der Waals surface area contributed by atoms with Gasteiger partial charge in [0.1, 0.15) is 24.0 Å². The molecule has 0 radical (unpaired) electrons. The molecule has 1 unspecified atom stereocenters. The monoisotopic (exact) mass is 730 g/mol. The number of anilines is 6. The van der Waals surface area contributed by atoms with E-state index >= 15 is 0 Å². The number of hydrogen-bond donors (Lipinski definition) is 4. The van der Waals surface area contributed by atoms with E-state index in [0.29, 0.717) is 47.1 Å². The highest BCUT2D eigenvalue weighted by molar-refractivity contribution is 7.70. The molecule has 2 fully saturated rings. The number of rotatable bonds is 12. The fraction of sp³-hybridized carbons (Fsp3) is 0.351. The summed E-state index contributed by atoms with van der Waals surface area (Å²) in [7, 11) is 1.27. The van der Waals surface area contributed by atoms with Gasteiger partial charge in [-0.1, -0.05) is 35.9 Å². The third-order valence-electron chi connectivity index (χ3n) is 9.33. The highest BCUT2D eigenvalue weighted by atomic mass is 35.5. The second-order valence-electron chi connectivity index (χ2n) is 13.4. The molecule has 0 aliphatic carbocycles. The number of methoxy groups -OCH3 is 1. The van der Waals surface area contributed by atoms with E-state index in [1.165, 1.54) is 11.8 Å². The number of nitrogens with zero attached hydrogens (tertiary/aromatic N) is 4. The summed E-state index contributed by atoms with van der Waals surface area (Å²) in [6.07, 6.45) is 4.42. The maximum Gasteiger partial charge on any atom is 0.249 e. The average Bonchev–Trinajstić information content (AvgIpc) is 3.11. The molecule has 14 heteroatoms. The van der Waals surface area contributed by atoms with Crippen LogP contribution in [0.2, 0.25) is 5.02 Å². The first-order valence-corrected chi connectivity index (χ1v) is 20.0. The molecule has 2 aliphatic rings. The molecule has 6 rings (SSSR count). The number of imide groups is 1. The third kappa shape index (κ3) is 9.00. The maximum atomic E-state index is 12.9. The van der Waals surface area contributed by atoms with Gasteiger partial charge in [-0.05, 0) is 81.6 Å². The van der Waals surface area contributed by atoms with Crippen LogP contribution in [0.1, 0.15) is 31.2 Å². The van der Waals surface area contributed by atoms with E-state index in [1.54, 1.807) is 20.4 Å². The van der Waals surface area contributed by atoms with Crippen molar-refractivity contribution >= 4 is 70.4 Å². The third-order valence-corrected chi connectivity index (χ3v) is 11.2. The minimum Gasteiger partial charge on any atom is -0.494 e. The Bertz CT molecular complexity index is 1930. The normalized spacial score (nSPS) is 16.9. The molecule has 1 atom stereocenters. The summed E-state index contributed by atoms with van der Waals surface area (Å²) in [5, 5.41) is 13.2. The Morgan fingerprint density at radius 2 is 1.75 bits per heavy atom. The molecule has 4 aromatic rings. The van der Waals surface area contributed by atoms with Crippen molar-refractivity contribution in [2.75, 3.05) is 61.4 Å². The molecule has 2 saturated heterocycles. The van der Waals surface area contributed by atoms with Crippen LogP contribution in [0.3, 0.4) is 0 Å². The first kappa shape index (κ1) is 36.2. The van der Waals surface area contributed by atoms with Crippen LogP contribution in [0.15, 0.2) is 72.9 Å². The molecule has 2 aliphatic heterocycles. The topological polar surface area (TPSA) is 141 Å². The number of carbonyl (C=O) groups is 2. The number of hydrogen-bond acceptors (Lipinski definition) is 11. The molecular weight excluding hydrogens is 687 g/mol. The Labute approximate surface area is 303 Å². The van der Waals surface area contributed by atoms with Crippen LogP contribution in [0, 0.1) is 0 Å². The Morgan fingerprint density at radius 1 is 1.00 bits per heavy atom. The lowest BCUT2D eigenvalue weighted by atomic mass is 10.0. The predicted molar refractivity (Wildman–Crippen MR) is 205 cm³/mol. The predicted octanol–water partition coefficient (Wildman–Crippen LogP) is 6.19. The average molecular weight is 731 g/mol. The lowest BCUT2D eigenvalue weighted by Gasteiger charge is -2.38. The standard InChI is InChI=1S/C37H44ClN8O4P/c1-45(23-24-9-11-25(12-10-24)40-31-15-16-34(47)43-36(31)48)26-17-19-46(20-18-26)27-13-14-29(32(21-27)50-2)42-37-39-22-28(38)35(44-37)41-30-7-5-6-8-33(30)51(3,4)49/h5-14,21-22,26,31,40H,15-20,23H2,1-4H3,(H,43,47,48)(H2,39,41,42,44). The van der Waals surface area contributed by atoms with Crippen molar-refractivity contribution in [3.63, 3.8) is 0 Å². The number of benzene rings is 3. The van der Waals surface area contributed by atoms with Crippen molar-refractivity contribution in [1.82, 2.24) is 20.2 Å². The molecule has 2 amide bonds. The Kier molecular flexibility index (Phi) is 11.1. The number of amides is 2. The van der Waals surface area contributed by atoms with Gasteiger partial charge >= 0.3 is 0 Å². The minimum absolute atomic E-state index is 0.215. The van der Waals surface area contributed by atoms with Gasteiger partial charge in [0, 0.05) is 54.8 Å².